The van der Waals surface area contributed by atoms with E-state index < -0.39 is 17.7 Å². The van der Waals surface area contributed by atoms with Crippen LogP contribution >= 0.6 is 11.6 Å². The number of aliphatic carboxylic acids is 1. The van der Waals surface area contributed by atoms with Crippen molar-refractivity contribution in [3.05, 3.63) is 76.8 Å². The Hall–Kier alpha value is -3.36. The number of nitrogens with zero attached hydrogens (tertiary/aromatic N) is 2. The second-order valence-corrected chi connectivity index (χ2v) is 6.82. The van der Waals surface area contributed by atoms with Gasteiger partial charge in [0.1, 0.15) is 0 Å². The maximum atomic E-state index is 12.5. The zero-order valence-electron chi connectivity index (χ0n) is 17.1. The molecule has 0 saturated carbocycles. The van der Waals surface area contributed by atoms with Crippen LogP contribution in [-0.2, 0) is 15.1 Å². The molecule has 2 unspecified atom stereocenters. The van der Waals surface area contributed by atoms with Gasteiger partial charge < -0.3 is 24.1 Å². The highest BCUT2D eigenvalue weighted by molar-refractivity contribution is 6.30. The highest BCUT2D eigenvalue weighted by Crippen LogP contribution is 2.39. The standard InChI is InChI=1S/C22H21ClN2O6/c1-28-17-13-18(29-2)25-21(24-17)31-19(20(26)27)22(30-3,14-7-5-4-6-8-14)15-9-11-16(23)12-10-15/h4-13,19H,1-3H3,(H,26,27). The summed E-state index contributed by atoms with van der Waals surface area (Å²) >= 11 is 6.05. The molecule has 9 heteroatoms. The lowest BCUT2D eigenvalue weighted by molar-refractivity contribution is -0.160. The minimum atomic E-state index is -1.57. The van der Waals surface area contributed by atoms with E-state index in [-0.39, 0.29) is 17.8 Å². The molecule has 2 aromatic carbocycles. The summed E-state index contributed by atoms with van der Waals surface area (Å²) in [6.45, 7) is 0. The van der Waals surface area contributed by atoms with Gasteiger partial charge in [-0.25, -0.2) is 4.79 Å². The minimum absolute atomic E-state index is 0.153. The van der Waals surface area contributed by atoms with Crippen LogP contribution in [0, 0.1) is 0 Å². The van der Waals surface area contributed by atoms with Crippen LogP contribution in [0.1, 0.15) is 11.1 Å². The zero-order valence-corrected chi connectivity index (χ0v) is 17.9. The smallest absolute Gasteiger partial charge is 0.348 e. The van der Waals surface area contributed by atoms with Gasteiger partial charge in [-0.3, -0.25) is 0 Å². The highest BCUT2D eigenvalue weighted by atomic mass is 35.5. The van der Waals surface area contributed by atoms with E-state index in [1.165, 1.54) is 27.4 Å². The number of methoxy groups -OCH3 is 3. The molecule has 162 valence electrons. The number of rotatable bonds is 9. The summed E-state index contributed by atoms with van der Waals surface area (Å²) in [5.41, 5.74) is -0.466. The average molecular weight is 445 g/mol. The number of carboxylic acids is 1. The molecule has 0 spiro atoms. The fourth-order valence-electron chi connectivity index (χ4n) is 3.25. The number of halogens is 1. The van der Waals surface area contributed by atoms with E-state index in [2.05, 4.69) is 9.97 Å². The molecule has 0 amide bonds. The van der Waals surface area contributed by atoms with Crippen molar-refractivity contribution < 1.29 is 28.8 Å². The molecule has 0 saturated heterocycles. The highest BCUT2D eigenvalue weighted by Gasteiger charge is 2.49. The average Bonchev–Trinajstić information content (AvgIpc) is 2.80. The Morgan fingerprint density at radius 2 is 1.48 bits per heavy atom. The summed E-state index contributed by atoms with van der Waals surface area (Å²) in [4.78, 5) is 20.7. The number of aromatic nitrogens is 2. The van der Waals surface area contributed by atoms with E-state index in [9.17, 15) is 9.90 Å². The van der Waals surface area contributed by atoms with Crippen LogP contribution in [0.5, 0.6) is 17.8 Å². The maximum Gasteiger partial charge on any atom is 0.348 e. The summed E-state index contributed by atoms with van der Waals surface area (Å²) in [5, 5.41) is 10.7. The Labute approximate surface area is 184 Å². The van der Waals surface area contributed by atoms with Crippen molar-refractivity contribution in [1.82, 2.24) is 9.97 Å². The van der Waals surface area contributed by atoms with Crippen LogP contribution < -0.4 is 14.2 Å². The fourth-order valence-corrected chi connectivity index (χ4v) is 3.38. The molecule has 2 atom stereocenters. The minimum Gasteiger partial charge on any atom is -0.481 e. The van der Waals surface area contributed by atoms with Crippen molar-refractivity contribution in [2.45, 2.75) is 11.7 Å². The normalized spacial score (nSPS) is 13.7. The number of benzene rings is 2. The molecule has 0 fully saturated rings. The van der Waals surface area contributed by atoms with Gasteiger partial charge in [-0.2, -0.15) is 9.97 Å². The molecule has 0 bridgehead atoms. The summed E-state index contributed by atoms with van der Waals surface area (Å²) in [6.07, 6.45) is -1.57. The number of hydrogen-bond acceptors (Lipinski definition) is 7. The van der Waals surface area contributed by atoms with Crippen LogP contribution in [0.15, 0.2) is 60.7 Å². The maximum absolute atomic E-state index is 12.5. The molecular formula is C22H21ClN2O6. The van der Waals surface area contributed by atoms with Gasteiger partial charge >= 0.3 is 12.0 Å². The number of carboxylic acid groups (broad SMARTS) is 1. The van der Waals surface area contributed by atoms with E-state index in [0.29, 0.717) is 16.1 Å². The largest absolute Gasteiger partial charge is 0.481 e. The van der Waals surface area contributed by atoms with Gasteiger partial charge in [-0.1, -0.05) is 54.1 Å². The van der Waals surface area contributed by atoms with Crippen molar-refractivity contribution in [2.75, 3.05) is 21.3 Å². The van der Waals surface area contributed by atoms with Gasteiger partial charge in [0.05, 0.1) is 20.3 Å². The van der Waals surface area contributed by atoms with Crippen molar-refractivity contribution in [2.24, 2.45) is 0 Å². The molecule has 3 rings (SSSR count). The first kappa shape index (κ1) is 22.3. The van der Waals surface area contributed by atoms with Crippen molar-refractivity contribution in [1.29, 1.82) is 0 Å². The van der Waals surface area contributed by atoms with E-state index in [1.54, 1.807) is 48.5 Å². The van der Waals surface area contributed by atoms with Gasteiger partial charge in [-0.15, -0.1) is 0 Å². The Bertz CT molecular complexity index is 1010. The van der Waals surface area contributed by atoms with Gasteiger partial charge in [-0.05, 0) is 23.3 Å². The molecular weight excluding hydrogens is 424 g/mol. The lowest BCUT2D eigenvalue weighted by Gasteiger charge is -2.37. The van der Waals surface area contributed by atoms with Gasteiger partial charge in [0.2, 0.25) is 17.9 Å². The Morgan fingerprint density at radius 1 is 0.935 bits per heavy atom. The van der Waals surface area contributed by atoms with Crippen LogP contribution in [0.25, 0.3) is 0 Å². The van der Waals surface area contributed by atoms with Crippen LogP contribution in [0.4, 0.5) is 0 Å². The SMILES string of the molecule is COc1cc(OC)nc(OC(C(=O)O)C(OC)(c2ccccc2)c2ccc(Cl)cc2)n1. The summed E-state index contributed by atoms with van der Waals surface area (Å²) < 4.78 is 22.0. The lowest BCUT2D eigenvalue weighted by atomic mass is 9.81. The number of carbonyl (C=O) groups is 1. The van der Waals surface area contributed by atoms with Crippen LogP contribution in [0.2, 0.25) is 5.02 Å². The third-order valence-corrected chi connectivity index (χ3v) is 4.94. The second kappa shape index (κ2) is 9.63. The van der Waals surface area contributed by atoms with Crippen molar-refractivity contribution >= 4 is 17.6 Å². The summed E-state index contributed by atoms with van der Waals surface area (Å²) in [6, 6.07) is 16.8. The van der Waals surface area contributed by atoms with Gasteiger partial charge in [0.25, 0.3) is 0 Å². The van der Waals surface area contributed by atoms with Crippen molar-refractivity contribution in [3.63, 3.8) is 0 Å². The van der Waals surface area contributed by atoms with Gasteiger partial charge in [0.15, 0.2) is 5.60 Å². The quantitative estimate of drug-likeness (QED) is 0.534. The Morgan fingerprint density at radius 3 is 1.97 bits per heavy atom. The third kappa shape index (κ3) is 4.55. The molecule has 0 aliphatic rings. The summed E-state index contributed by atoms with van der Waals surface area (Å²) in [7, 11) is 4.24. The predicted molar refractivity (Wildman–Crippen MR) is 113 cm³/mol. The van der Waals surface area contributed by atoms with Crippen molar-refractivity contribution in [3.8, 4) is 17.8 Å². The molecule has 0 aliphatic carbocycles. The van der Waals surface area contributed by atoms with E-state index in [4.69, 9.17) is 30.5 Å². The first-order valence-electron chi connectivity index (χ1n) is 9.17. The molecule has 31 heavy (non-hydrogen) atoms. The number of hydrogen-bond donors (Lipinski definition) is 1. The first-order chi connectivity index (χ1) is 14.9. The zero-order chi connectivity index (χ0) is 22.4. The molecule has 1 aromatic heterocycles. The summed E-state index contributed by atoms with van der Waals surface area (Å²) in [5.74, 6) is -0.980. The third-order valence-electron chi connectivity index (χ3n) is 4.69. The van der Waals surface area contributed by atoms with Crippen LogP contribution in [0.3, 0.4) is 0 Å². The van der Waals surface area contributed by atoms with Gasteiger partial charge in [0, 0.05) is 12.1 Å². The Balaban J connectivity index is 2.19. The van der Waals surface area contributed by atoms with E-state index in [1.807, 2.05) is 6.07 Å². The Kier molecular flexibility index (Phi) is 6.94. The van der Waals surface area contributed by atoms with E-state index >= 15 is 0 Å². The molecule has 1 heterocycles. The topological polar surface area (TPSA) is 100 Å². The molecule has 0 aliphatic heterocycles. The monoisotopic (exact) mass is 444 g/mol. The lowest BCUT2D eigenvalue weighted by Crippen LogP contribution is -2.50. The fraction of sp³-hybridized carbons (Fsp3) is 0.227. The molecule has 8 nitrogen and oxygen atoms in total. The van der Waals surface area contributed by atoms with Crippen LogP contribution in [-0.4, -0.2) is 48.5 Å². The second-order valence-electron chi connectivity index (χ2n) is 6.38. The molecule has 3 aromatic rings. The predicted octanol–water partition coefficient (Wildman–Crippen LogP) is 3.57. The van der Waals surface area contributed by atoms with E-state index in [0.717, 1.165) is 0 Å². The first-order valence-corrected chi connectivity index (χ1v) is 9.55. The molecule has 0 radical (unpaired) electrons. The number of ether oxygens (including phenoxy) is 4. The molecule has 1 N–H and O–H groups in total.